The van der Waals surface area contributed by atoms with Gasteiger partial charge < -0.3 is 0 Å². The molecule has 1 aromatic rings. The molecule has 0 aliphatic heterocycles. The van der Waals surface area contributed by atoms with Gasteiger partial charge in [0, 0.05) is 0 Å². The molecule has 0 amide bonds. The van der Waals surface area contributed by atoms with E-state index in [2.05, 4.69) is 26.0 Å². The molecule has 0 radical (unpaired) electrons. The number of sulfone groups is 1. The van der Waals surface area contributed by atoms with E-state index >= 15 is 0 Å². The maximum Gasteiger partial charge on any atom is 0.178 e. The van der Waals surface area contributed by atoms with Gasteiger partial charge in [-0.2, -0.15) is 0 Å². The second-order valence-electron chi connectivity index (χ2n) is 4.57. The molecule has 1 rings (SSSR count). The van der Waals surface area contributed by atoms with Gasteiger partial charge in [0.25, 0.3) is 0 Å². The van der Waals surface area contributed by atoms with Crippen LogP contribution in [0.15, 0.2) is 41.3 Å². The first-order valence-electron chi connectivity index (χ1n) is 6.48. The fourth-order valence-corrected chi connectivity index (χ4v) is 2.79. The van der Waals surface area contributed by atoms with Crippen molar-refractivity contribution in [2.45, 2.75) is 38.5 Å². The van der Waals surface area contributed by atoms with Crippen LogP contribution in [0.2, 0.25) is 0 Å². The molecule has 0 spiro atoms. The molecule has 0 aromatic heterocycles. The molecule has 0 aliphatic carbocycles. The summed E-state index contributed by atoms with van der Waals surface area (Å²) in [6.45, 7) is 5.93. The van der Waals surface area contributed by atoms with Crippen LogP contribution in [0.25, 0.3) is 0 Å². The van der Waals surface area contributed by atoms with Gasteiger partial charge in [0.1, 0.15) is 0 Å². The molecule has 1 atom stereocenters. The molecule has 0 saturated carbocycles. The minimum atomic E-state index is -3.09. The second kappa shape index (κ2) is 6.74. The average Bonchev–Trinajstić information content (AvgIpc) is 2.36. The monoisotopic (exact) mass is 266 g/mol. The van der Waals surface area contributed by atoms with Crippen LogP contribution >= 0.6 is 0 Å². The fraction of sp³-hybridized carbons (Fsp3) is 0.467. The van der Waals surface area contributed by atoms with E-state index in [0.29, 0.717) is 10.8 Å². The molecule has 1 unspecified atom stereocenters. The third kappa shape index (κ3) is 4.30. The Bertz CT molecular complexity index is 501. The SMILES string of the molecule is CC/C=C\C(C)Cc1cccc(S(=O)(=O)CC)c1. The fourth-order valence-electron chi connectivity index (χ4n) is 1.84. The van der Waals surface area contributed by atoms with E-state index in [-0.39, 0.29) is 5.75 Å². The van der Waals surface area contributed by atoms with Crippen molar-refractivity contribution in [3.8, 4) is 0 Å². The Kier molecular flexibility index (Phi) is 5.60. The highest BCUT2D eigenvalue weighted by atomic mass is 32.2. The van der Waals surface area contributed by atoms with Gasteiger partial charge in [-0.15, -0.1) is 0 Å². The number of rotatable bonds is 6. The summed E-state index contributed by atoms with van der Waals surface area (Å²) >= 11 is 0. The first-order chi connectivity index (χ1) is 8.49. The van der Waals surface area contributed by atoms with Gasteiger partial charge >= 0.3 is 0 Å². The second-order valence-corrected chi connectivity index (χ2v) is 6.85. The maximum atomic E-state index is 11.8. The van der Waals surface area contributed by atoms with Crippen molar-refractivity contribution < 1.29 is 8.42 Å². The normalized spacial score (nSPS) is 13.9. The lowest BCUT2D eigenvalue weighted by molar-refractivity contribution is 0.597. The van der Waals surface area contributed by atoms with Crippen LogP contribution in [-0.2, 0) is 16.3 Å². The van der Waals surface area contributed by atoms with Crippen molar-refractivity contribution >= 4 is 9.84 Å². The average molecular weight is 266 g/mol. The first kappa shape index (κ1) is 15.0. The van der Waals surface area contributed by atoms with Gasteiger partial charge in [0.15, 0.2) is 9.84 Å². The van der Waals surface area contributed by atoms with Gasteiger partial charge in [-0.3, -0.25) is 0 Å². The zero-order chi connectivity index (χ0) is 13.6. The topological polar surface area (TPSA) is 34.1 Å². The molecular formula is C15H22O2S. The molecule has 0 heterocycles. The third-order valence-corrected chi connectivity index (χ3v) is 4.63. The number of hydrogen-bond acceptors (Lipinski definition) is 2. The lowest BCUT2D eigenvalue weighted by Gasteiger charge is -2.08. The molecular weight excluding hydrogens is 244 g/mol. The highest BCUT2D eigenvalue weighted by molar-refractivity contribution is 7.91. The van der Waals surface area contributed by atoms with Crippen LogP contribution in [0, 0.1) is 5.92 Å². The molecule has 100 valence electrons. The zero-order valence-corrected chi connectivity index (χ0v) is 12.2. The van der Waals surface area contributed by atoms with E-state index in [1.807, 2.05) is 12.1 Å². The molecule has 1 aromatic carbocycles. The van der Waals surface area contributed by atoms with Gasteiger partial charge in [-0.05, 0) is 36.5 Å². The molecule has 0 saturated heterocycles. The Morgan fingerprint density at radius 2 is 2.00 bits per heavy atom. The highest BCUT2D eigenvalue weighted by Gasteiger charge is 2.11. The van der Waals surface area contributed by atoms with E-state index in [0.717, 1.165) is 18.4 Å². The predicted molar refractivity (Wildman–Crippen MR) is 76.5 cm³/mol. The lowest BCUT2D eigenvalue weighted by atomic mass is 10.0. The largest absolute Gasteiger partial charge is 0.224 e. The summed E-state index contributed by atoms with van der Waals surface area (Å²) in [6.07, 6.45) is 6.25. The van der Waals surface area contributed by atoms with Gasteiger partial charge in [0.2, 0.25) is 0 Å². The standard InChI is InChI=1S/C15H22O2S/c1-4-6-8-13(3)11-14-9-7-10-15(12-14)18(16,17)5-2/h6-10,12-13H,4-5,11H2,1-3H3/b8-6-. The van der Waals surface area contributed by atoms with E-state index in [1.54, 1.807) is 19.1 Å². The van der Waals surface area contributed by atoms with Crippen molar-refractivity contribution in [3.63, 3.8) is 0 Å². The highest BCUT2D eigenvalue weighted by Crippen LogP contribution is 2.16. The molecule has 0 fully saturated rings. The summed E-state index contributed by atoms with van der Waals surface area (Å²) in [7, 11) is -3.09. The van der Waals surface area contributed by atoms with Crippen molar-refractivity contribution in [2.24, 2.45) is 5.92 Å². The Labute approximate surface area is 111 Å². The van der Waals surface area contributed by atoms with E-state index in [1.165, 1.54) is 0 Å². The van der Waals surface area contributed by atoms with Gasteiger partial charge in [-0.1, -0.05) is 45.1 Å². The smallest absolute Gasteiger partial charge is 0.178 e. The van der Waals surface area contributed by atoms with Crippen molar-refractivity contribution in [1.82, 2.24) is 0 Å². The molecule has 3 heteroatoms. The van der Waals surface area contributed by atoms with Gasteiger partial charge in [0.05, 0.1) is 10.6 Å². The molecule has 2 nitrogen and oxygen atoms in total. The summed E-state index contributed by atoms with van der Waals surface area (Å²) in [5.74, 6) is 0.589. The number of benzene rings is 1. The molecule has 0 aliphatic rings. The van der Waals surface area contributed by atoms with E-state index in [9.17, 15) is 8.42 Å². The molecule has 0 bridgehead atoms. The number of hydrogen-bond donors (Lipinski definition) is 0. The maximum absolute atomic E-state index is 11.8. The Balaban J connectivity index is 2.87. The van der Waals surface area contributed by atoms with Crippen LogP contribution in [0.3, 0.4) is 0 Å². The summed E-state index contributed by atoms with van der Waals surface area (Å²) < 4.78 is 23.6. The Hall–Kier alpha value is -1.09. The van der Waals surface area contributed by atoms with Crippen LogP contribution in [0.5, 0.6) is 0 Å². The Morgan fingerprint density at radius 3 is 2.61 bits per heavy atom. The summed E-state index contributed by atoms with van der Waals surface area (Å²) in [4.78, 5) is 0.439. The Morgan fingerprint density at radius 1 is 1.28 bits per heavy atom. The first-order valence-corrected chi connectivity index (χ1v) is 8.13. The van der Waals surface area contributed by atoms with Crippen LogP contribution < -0.4 is 0 Å². The van der Waals surface area contributed by atoms with Crippen molar-refractivity contribution in [3.05, 3.63) is 42.0 Å². The van der Waals surface area contributed by atoms with Crippen LogP contribution in [-0.4, -0.2) is 14.2 Å². The van der Waals surface area contributed by atoms with E-state index in [4.69, 9.17) is 0 Å². The van der Waals surface area contributed by atoms with Gasteiger partial charge in [-0.25, -0.2) is 8.42 Å². The summed E-state index contributed by atoms with van der Waals surface area (Å²) in [5.41, 5.74) is 1.08. The summed E-state index contributed by atoms with van der Waals surface area (Å²) in [5, 5.41) is 0. The molecule has 0 N–H and O–H groups in total. The summed E-state index contributed by atoms with van der Waals surface area (Å²) in [6, 6.07) is 7.29. The number of allylic oxidation sites excluding steroid dienone is 2. The molecule has 18 heavy (non-hydrogen) atoms. The minimum Gasteiger partial charge on any atom is -0.224 e. The predicted octanol–water partition coefficient (Wildman–Crippen LogP) is 3.63. The van der Waals surface area contributed by atoms with Crippen molar-refractivity contribution in [2.75, 3.05) is 5.75 Å². The quantitative estimate of drug-likeness (QED) is 0.737. The van der Waals surface area contributed by atoms with Crippen LogP contribution in [0.1, 0.15) is 32.8 Å². The minimum absolute atomic E-state index is 0.155. The van der Waals surface area contributed by atoms with Crippen LogP contribution in [0.4, 0.5) is 0 Å². The van der Waals surface area contributed by atoms with Crippen molar-refractivity contribution in [1.29, 1.82) is 0 Å². The zero-order valence-electron chi connectivity index (χ0n) is 11.4. The van der Waals surface area contributed by atoms with E-state index < -0.39 is 9.84 Å². The third-order valence-electron chi connectivity index (χ3n) is 2.90. The lowest BCUT2D eigenvalue weighted by Crippen LogP contribution is -2.05.